The Labute approximate surface area is 212 Å². The van der Waals surface area contributed by atoms with Crippen molar-refractivity contribution in [1.29, 1.82) is 0 Å². The van der Waals surface area contributed by atoms with Crippen LogP contribution >= 0.6 is 0 Å². The van der Waals surface area contributed by atoms with Gasteiger partial charge in [-0.1, -0.05) is 30.7 Å². The van der Waals surface area contributed by atoms with Gasteiger partial charge in [0.15, 0.2) is 0 Å². The summed E-state index contributed by atoms with van der Waals surface area (Å²) in [6, 6.07) is 12.7. The molecule has 0 radical (unpaired) electrons. The molecular weight excluding hydrogens is 485 g/mol. The number of para-hydroxylation sites is 2. The Morgan fingerprint density at radius 2 is 1.84 bits per heavy atom. The van der Waals surface area contributed by atoms with Crippen molar-refractivity contribution in [2.75, 3.05) is 26.2 Å². The number of H-pyrrole nitrogens is 1. The van der Waals surface area contributed by atoms with E-state index in [4.69, 9.17) is 4.74 Å². The predicted octanol–water partition coefficient (Wildman–Crippen LogP) is 5.09. The number of imidazole rings is 1. The molecule has 1 unspecified atom stereocenters. The van der Waals surface area contributed by atoms with Gasteiger partial charge in [0.05, 0.1) is 16.6 Å². The second-order valence-electron chi connectivity index (χ2n) is 9.57. The van der Waals surface area contributed by atoms with Crippen LogP contribution < -0.4 is 5.69 Å². The number of rotatable bonds is 5. The summed E-state index contributed by atoms with van der Waals surface area (Å²) in [5.74, 6) is 0. The molecule has 2 aliphatic rings. The number of alkyl halides is 3. The first-order valence-electron chi connectivity index (χ1n) is 12.5. The molecule has 0 aliphatic carbocycles. The summed E-state index contributed by atoms with van der Waals surface area (Å²) < 4.78 is 45.9. The number of piperidine rings is 1. The van der Waals surface area contributed by atoms with Gasteiger partial charge in [0, 0.05) is 37.8 Å². The highest BCUT2D eigenvalue weighted by molar-refractivity contribution is 5.79. The minimum atomic E-state index is -4.35. The van der Waals surface area contributed by atoms with Crippen LogP contribution in [0.15, 0.2) is 59.4 Å². The molecule has 2 aliphatic heterocycles. The number of amides is 1. The second kappa shape index (κ2) is 10.5. The molecule has 3 aromatic rings. The Kier molecular flexibility index (Phi) is 7.10. The number of carbonyl (C=O) groups excluding carboxylic acids is 1. The molecule has 1 fully saturated rings. The van der Waals surface area contributed by atoms with Crippen molar-refractivity contribution in [1.82, 2.24) is 19.4 Å². The number of aromatic nitrogens is 2. The number of carbonyl (C=O) groups is 1. The Morgan fingerprint density at radius 3 is 2.57 bits per heavy atom. The first kappa shape index (κ1) is 25.1. The summed E-state index contributed by atoms with van der Waals surface area (Å²) >= 11 is 0. The topological polar surface area (TPSA) is 70.6 Å². The molecule has 0 saturated carbocycles. The molecule has 7 nitrogen and oxygen atoms in total. The lowest BCUT2D eigenvalue weighted by Gasteiger charge is -2.36. The average molecular weight is 515 g/mol. The van der Waals surface area contributed by atoms with Crippen LogP contribution in [0.3, 0.4) is 0 Å². The number of benzene rings is 2. The highest BCUT2D eigenvalue weighted by atomic mass is 19.4. The number of aromatic amines is 1. The molecule has 1 saturated heterocycles. The van der Waals surface area contributed by atoms with Gasteiger partial charge in [0.1, 0.15) is 6.61 Å². The van der Waals surface area contributed by atoms with Crippen molar-refractivity contribution in [3.05, 3.63) is 76.2 Å². The third kappa shape index (κ3) is 5.58. The van der Waals surface area contributed by atoms with E-state index in [1.54, 1.807) is 9.47 Å². The highest BCUT2D eigenvalue weighted by Crippen LogP contribution is 2.30. The Bertz CT molecular complexity index is 1340. The van der Waals surface area contributed by atoms with Crippen molar-refractivity contribution in [3.8, 4) is 0 Å². The van der Waals surface area contributed by atoms with Gasteiger partial charge in [-0.25, -0.2) is 9.59 Å². The normalized spacial score (nSPS) is 19.2. The third-order valence-corrected chi connectivity index (χ3v) is 7.14. The van der Waals surface area contributed by atoms with Crippen molar-refractivity contribution in [3.63, 3.8) is 0 Å². The quantitative estimate of drug-likeness (QED) is 0.515. The van der Waals surface area contributed by atoms with Gasteiger partial charge in [-0.15, -0.1) is 0 Å². The Hall–Kier alpha value is -3.53. The standard InChI is InChI=1S/C27H29F3N4O3/c28-27(29,30)20-10-8-19(9-11-20)17-33-14-4-3-5-22(33)18-37-26(36)32-15-12-21(13-16-32)34-24-7-2-1-6-23(24)31-25(34)35/h1-2,6-12,22H,3-5,13-18H2,(H,31,35). The van der Waals surface area contributed by atoms with Gasteiger partial charge in [-0.05, 0) is 55.3 Å². The van der Waals surface area contributed by atoms with Crippen molar-refractivity contribution < 1.29 is 22.7 Å². The zero-order valence-electron chi connectivity index (χ0n) is 20.3. The second-order valence-corrected chi connectivity index (χ2v) is 9.57. The monoisotopic (exact) mass is 514 g/mol. The molecule has 1 aromatic heterocycles. The molecule has 1 atom stereocenters. The maximum absolute atomic E-state index is 12.9. The molecule has 2 aromatic carbocycles. The summed E-state index contributed by atoms with van der Waals surface area (Å²) in [6.45, 7) is 2.33. The molecule has 196 valence electrons. The van der Waals surface area contributed by atoms with Crippen LogP contribution in [-0.2, 0) is 17.5 Å². The largest absolute Gasteiger partial charge is 0.448 e. The van der Waals surface area contributed by atoms with Crippen LogP contribution in [0.1, 0.15) is 36.8 Å². The molecule has 1 amide bonds. The number of nitrogens with zero attached hydrogens (tertiary/aromatic N) is 3. The van der Waals surface area contributed by atoms with Gasteiger partial charge in [0.25, 0.3) is 0 Å². The number of hydrogen-bond donors (Lipinski definition) is 1. The van der Waals surface area contributed by atoms with Gasteiger partial charge < -0.3 is 14.6 Å². The van der Waals surface area contributed by atoms with E-state index in [0.717, 1.165) is 60.2 Å². The van der Waals surface area contributed by atoms with Crippen LogP contribution in [0, 0.1) is 0 Å². The molecule has 0 bridgehead atoms. The van der Waals surface area contributed by atoms with Crippen LogP contribution in [0.25, 0.3) is 16.7 Å². The molecule has 1 N–H and O–H groups in total. The number of hydrogen-bond acceptors (Lipinski definition) is 4. The summed E-state index contributed by atoms with van der Waals surface area (Å²) in [4.78, 5) is 31.9. The maximum atomic E-state index is 12.9. The van der Waals surface area contributed by atoms with E-state index in [1.165, 1.54) is 12.1 Å². The van der Waals surface area contributed by atoms with Crippen molar-refractivity contribution in [2.45, 2.75) is 44.4 Å². The summed E-state index contributed by atoms with van der Waals surface area (Å²) in [7, 11) is 0. The Balaban J connectivity index is 1.17. The van der Waals surface area contributed by atoms with E-state index in [1.807, 2.05) is 30.3 Å². The van der Waals surface area contributed by atoms with E-state index < -0.39 is 17.8 Å². The fourth-order valence-electron chi connectivity index (χ4n) is 5.12. The van der Waals surface area contributed by atoms with Crippen molar-refractivity contribution in [2.24, 2.45) is 0 Å². The van der Waals surface area contributed by atoms with E-state index in [0.29, 0.717) is 26.1 Å². The SMILES string of the molecule is O=C(OCC1CCCCN1Cc1ccc(C(F)(F)F)cc1)N1CC=C(n2c(=O)[nH]c3ccccc32)CC1. The van der Waals surface area contributed by atoms with E-state index in [-0.39, 0.29) is 18.3 Å². The van der Waals surface area contributed by atoms with Gasteiger partial charge in [-0.3, -0.25) is 9.47 Å². The molecule has 0 spiro atoms. The number of fused-ring (bicyclic) bond motifs is 1. The smallest absolute Gasteiger partial charge is 0.416 e. The molecule has 5 rings (SSSR count). The first-order valence-corrected chi connectivity index (χ1v) is 12.5. The zero-order chi connectivity index (χ0) is 26.0. The highest BCUT2D eigenvalue weighted by Gasteiger charge is 2.30. The van der Waals surface area contributed by atoms with Crippen LogP contribution in [-0.4, -0.2) is 57.7 Å². The lowest BCUT2D eigenvalue weighted by Crippen LogP contribution is -2.44. The maximum Gasteiger partial charge on any atom is 0.416 e. The first-order chi connectivity index (χ1) is 17.8. The number of halogens is 3. The fourth-order valence-corrected chi connectivity index (χ4v) is 5.12. The summed E-state index contributed by atoms with van der Waals surface area (Å²) in [5.41, 5.74) is 2.36. The van der Waals surface area contributed by atoms with Crippen LogP contribution in [0.2, 0.25) is 0 Å². The average Bonchev–Trinajstić information content (AvgIpc) is 3.23. The Morgan fingerprint density at radius 1 is 1.05 bits per heavy atom. The predicted molar refractivity (Wildman–Crippen MR) is 134 cm³/mol. The van der Waals surface area contributed by atoms with Crippen LogP contribution in [0.5, 0.6) is 0 Å². The summed E-state index contributed by atoms with van der Waals surface area (Å²) in [5, 5.41) is 0. The van der Waals surface area contributed by atoms with E-state index in [2.05, 4.69) is 9.88 Å². The number of likely N-dealkylation sites (tertiary alicyclic amines) is 1. The molecule has 10 heteroatoms. The van der Waals surface area contributed by atoms with Crippen molar-refractivity contribution >= 4 is 22.8 Å². The van der Waals surface area contributed by atoms with Gasteiger partial charge >= 0.3 is 18.0 Å². The van der Waals surface area contributed by atoms with E-state index >= 15 is 0 Å². The molecule has 3 heterocycles. The lowest BCUT2D eigenvalue weighted by molar-refractivity contribution is -0.137. The minimum absolute atomic E-state index is 0.0145. The summed E-state index contributed by atoms with van der Waals surface area (Å²) in [6.07, 6.45) is 0.530. The van der Waals surface area contributed by atoms with Gasteiger partial charge in [0.2, 0.25) is 0 Å². The lowest BCUT2D eigenvalue weighted by atomic mass is 10.0. The van der Waals surface area contributed by atoms with Crippen LogP contribution in [0.4, 0.5) is 18.0 Å². The minimum Gasteiger partial charge on any atom is -0.448 e. The zero-order valence-corrected chi connectivity index (χ0v) is 20.3. The molecule has 37 heavy (non-hydrogen) atoms. The fraction of sp³-hybridized carbons (Fsp3) is 0.407. The third-order valence-electron chi connectivity index (χ3n) is 7.14. The van der Waals surface area contributed by atoms with E-state index in [9.17, 15) is 22.8 Å². The van der Waals surface area contributed by atoms with Gasteiger partial charge in [-0.2, -0.15) is 13.2 Å². The molecular formula is C27H29F3N4O3. The number of nitrogens with one attached hydrogen (secondary N) is 1. The number of ether oxygens (including phenoxy) is 1.